The Labute approximate surface area is 174 Å². The van der Waals surface area contributed by atoms with E-state index in [-0.39, 0.29) is 12.2 Å². The normalized spacial score (nSPS) is 16.9. The number of carbonyl (C=O) groups excluding carboxylic acids is 2. The third-order valence-corrected chi connectivity index (χ3v) is 5.47. The fraction of sp³-hybridized carbons (Fsp3) is 0.476. The zero-order valence-corrected chi connectivity index (χ0v) is 17.2. The summed E-state index contributed by atoms with van der Waals surface area (Å²) in [4.78, 5) is 38.1. The van der Waals surface area contributed by atoms with E-state index in [9.17, 15) is 19.5 Å². The lowest BCUT2D eigenvalue weighted by molar-refractivity contribution is -0.137. The molecule has 1 aromatic rings. The van der Waals surface area contributed by atoms with E-state index in [1.807, 2.05) is 13.8 Å². The van der Waals surface area contributed by atoms with Gasteiger partial charge in [-0.1, -0.05) is 0 Å². The van der Waals surface area contributed by atoms with Crippen molar-refractivity contribution in [3.8, 4) is 0 Å². The van der Waals surface area contributed by atoms with Crippen LogP contribution in [-0.2, 0) is 20.7 Å². The maximum Gasteiger partial charge on any atom is 0.322 e. The summed E-state index contributed by atoms with van der Waals surface area (Å²) in [5.74, 6) is -3.05. The van der Waals surface area contributed by atoms with Crippen LogP contribution in [0.2, 0.25) is 0 Å². The van der Waals surface area contributed by atoms with Crippen molar-refractivity contribution >= 4 is 23.3 Å². The van der Waals surface area contributed by atoms with Crippen LogP contribution in [0.3, 0.4) is 0 Å². The van der Waals surface area contributed by atoms with E-state index in [1.54, 1.807) is 6.07 Å². The minimum absolute atomic E-state index is 0.0428. The number of Topliss-reactive ketones (excluding diaryl/α,β-unsaturated/α-hetero) is 1. The van der Waals surface area contributed by atoms with Crippen LogP contribution in [0.5, 0.6) is 0 Å². The van der Waals surface area contributed by atoms with Gasteiger partial charge >= 0.3 is 5.97 Å². The number of hydrogen-bond acceptors (Lipinski definition) is 7. The van der Waals surface area contributed by atoms with Crippen molar-refractivity contribution in [3.63, 3.8) is 0 Å². The van der Waals surface area contributed by atoms with Crippen molar-refractivity contribution in [2.24, 2.45) is 0 Å². The predicted octanol–water partition coefficient (Wildman–Crippen LogP) is 0.799. The maximum atomic E-state index is 12.9. The van der Waals surface area contributed by atoms with Crippen LogP contribution in [0.1, 0.15) is 27.0 Å². The van der Waals surface area contributed by atoms with Crippen molar-refractivity contribution in [3.05, 3.63) is 39.7 Å². The quantitative estimate of drug-likeness (QED) is 0.480. The average Bonchev–Trinajstić information content (AvgIpc) is 2.71. The molecule has 0 aromatic heterocycles. The summed E-state index contributed by atoms with van der Waals surface area (Å²) >= 11 is 0. The topological polar surface area (TPSA) is 128 Å². The molecule has 1 fully saturated rings. The first-order valence-electron chi connectivity index (χ1n) is 9.93. The van der Waals surface area contributed by atoms with Gasteiger partial charge in [-0.05, 0) is 36.6 Å². The number of carbonyl (C=O) groups is 3. The molecule has 162 valence electrons. The lowest BCUT2D eigenvalue weighted by Crippen LogP contribution is -2.39. The molecular formula is C21H27N3O6. The standard InChI is InChI=1S/C21H27N3O6/c1-12-9-15-14(10-16(25)18(20(15)28)21(29)23-11-17(26)27)13(2)19(12)22-3-4-24-5-7-30-8-6-24/h9,22,25H,3-8,10-11H2,1-2H3,(H,23,29)(H,26,27). The first-order chi connectivity index (χ1) is 14.3. The Morgan fingerprint density at radius 2 is 1.93 bits per heavy atom. The molecule has 9 heteroatoms. The molecule has 1 heterocycles. The minimum atomic E-state index is -1.23. The van der Waals surface area contributed by atoms with E-state index in [1.165, 1.54) is 0 Å². The van der Waals surface area contributed by atoms with Crippen molar-refractivity contribution in [2.75, 3.05) is 51.3 Å². The highest BCUT2D eigenvalue weighted by atomic mass is 16.5. The number of morpholine rings is 1. The average molecular weight is 417 g/mol. The molecular weight excluding hydrogens is 390 g/mol. The Morgan fingerprint density at radius 3 is 2.60 bits per heavy atom. The summed E-state index contributed by atoms with van der Waals surface area (Å²) in [6, 6.07) is 1.72. The number of aliphatic hydroxyl groups excluding tert-OH is 1. The van der Waals surface area contributed by atoms with Crippen molar-refractivity contribution in [1.82, 2.24) is 10.2 Å². The molecule has 4 N–H and O–H groups in total. The second-order valence-corrected chi connectivity index (χ2v) is 7.50. The monoisotopic (exact) mass is 417 g/mol. The summed E-state index contributed by atoms with van der Waals surface area (Å²) in [7, 11) is 0. The molecule has 0 atom stereocenters. The van der Waals surface area contributed by atoms with Crippen molar-refractivity contribution < 1.29 is 29.3 Å². The highest BCUT2D eigenvalue weighted by Crippen LogP contribution is 2.34. The summed E-state index contributed by atoms with van der Waals surface area (Å²) in [5, 5.41) is 24.7. The van der Waals surface area contributed by atoms with Crippen LogP contribution in [0, 0.1) is 13.8 Å². The SMILES string of the molecule is Cc1cc2c(c(C)c1NCCN1CCOCC1)CC(O)=C(C(=O)NCC(=O)O)C2=O. The number of nitrogens with zero attached hydrogens (tertiary/aromatic N) is 1. The molecule has 1 aromatic carbocycles. The second-order valence-electron chi connectivity index (χ2n) is 7.50. The summed E-state index contributed by atoms with van der Waals surface area (Å²) < 4.78 is 5.36. The number of amides is 1. The molecule has 0 spiro atoms. The van der Waals surface area contributed by atoms with E-state index in [4.69, 9.17) is 9.84 Å². The highest BCUT2D eigenvalue weighted by molar-refractivity contribution is 6.27. The van der Waals surface area contributed by atoms with Crippen LogP contribution in [0.25, 0.3) is 0 Å². The van der Waals surface area contributed by atoms with E-state index in [0.29, 0.717) is 11.1 Å². The Hall–Kier alpha value is -2.91. The zero-order chi connectivity index (χ0) is 21.8. The zero-order valence-electron chi connectivity index (χ0n) is 17.2. The molecule has 0 radical (unpaired) electrons. The van der Waals surface area contributed by atoms with Crippen molar-refractivity contribution in [2.45, 2.75) is 20.3 Å². The largest absolute Gasteiger partial charge is 0.511 e. The van der Waals surface area contributed by atoms with E-state index < -0.39 is 29.8 Å². The predicted molar refractivity (Wildman–Crippen MR) is 110 cm³/mol. The number of ketones is 1. The molecule has 1 amide bonds. The fourth-order valence-electron chi connectivity index (χ4n) is 3.89. The number of benzene rings is 1. The van der Waals surface area contributed by atoms with Gasteiger partial charge in [0.1, 0.15) is 17.9 Å². The highest BCUT2D eigenvalue weighted by Gasteiger charge is 2.33. The number of fused-ring (bicyclic) bond motifs is 1. The van der Waals surface area contributed by atoms with E-state index in [2.05, 4.69) is 15.5 Å². The van der Waals surface area contributed by atoms with E-state index in [0.717, 1.165) is 56.2 Å². The molecule has 0 bridgehead atoms. The Bertz CT molecular complexity index is 902. The summed E-state index contributed by atoms with van der Waals surface area (Å²) in [6.07, 6.45) is 0.0428. The third kappa shape index (κ3) is 4.63. The Balaban J connectivity index is 1.77. The molecule has 0 saturated carbocycles. The second kappa shape index (κ2) is 9.27. The van der Waals surface area contributed by atoms with Gasteiger partial charge in [0.05, 0.1) is 13.2 Å². The smallest absolute Gasteiger partial charge is 0.322 e. The van der Waals surface area contributed by atoms with Gasteiger partial charge in [0.25, 0.3) is 5.91 Å². The van der Waals surface area contributed by atoms with Gasteiger partial charge in [-0.25, -0.2) is 0 Å². The molecule has 1 saturated heterocycles. The van der Waals surface area contributed by atoms with E-state index >= 15 is 0 Å². The van der Waals surface area contributed by atoms with Crippen molar-refractivity contribution in [1.29, 1.82) is 0 Å². The van der Waals surface area contributed by atoms with Crippen LogP contribution < -0.4 is 10.6 Å². The van der Waals surface area contributed by atoms with Gasteiger partial charge in [-0.3, -0.25) is 19.3 Å². The number of carboxylic acid groups (broad SMARTS) is 1. The first-order valence-corrected chi connectivity index (χ1v) is 9.93. The van der Waals surface area contributed by atoms with Gasteiger partial charge in [0.15, 0.2) is 0 Å². The fourth-order valence-corrected chi connectivity index (χ4v) is 3.89. The Kier molecular flexibility index (Phi) is 6.73. The van der Waals surface area contributed by atoms with Crippen LogP contribution >= 0.6 is 0 Å². The Morgan fingerprint density at radius 1 is 1.23 bits per heavy atom. The van der Waals surface area contributed by atoms with Crippen LogP contribution in [-0.4, -0.2) is 78.7 Å². The number of rotatable bonds is 7. The number of aliphatic carboxylic acids is 1. The number of allylic oxidation sites excluding steroid dienone is 1. The molecule has 30 heavy (non-hydrogen) atoms. The summed E-state index contributed by atoms with van der Waals surface area (Å²) in [6.45, 7) is 8.06. The number of hydrogen-bond donors (Lipinski definition) is 4. The minimum Gasteiger partial charge on any atom is -0.511 e. The molecule has 3 rings (SSSR count). The van der Waals surface area contributed by atoms with Gasteiger partial charge in [-0.2, -0.15) is 0 Å². The van der Waals surface area contributed by atoms with Gasteiger partial charge in [0.2, 0.25) is 5.78 Å². The number of aliphatic hydroxyl groups is 1. The molecule has 0 unspecified atom stereocenters. The number of carboxylic acids is 1. The number of aryl methyl sites for hydroxylation is 1. The number of ether oxygens (including phenoxy) is 1. The maximum absolute atomic E-state index is 12.9. The molecule has 1 aliphatic carbocycles. The molecule has 2 aliphatic rings. The number of anilines is 1. The number of nitrogens with one attached hydrogen (secondary N) is 2. The first kappa shape index (κ1) is 21.8. The van der Waals surface area contributed by atoms with Gasteiger partial charge in [-0.15, -0.1) is 0 Å². The lowest BCUT2D eigenvalue weighted by Gasteiger charge is -2.27. The van der Waals surface area contributed by atoms with Crippen LogP contribution in [0.15, 0.2) is 17.4 Å². The molecule has 9 nitrogen and oxygen atoms in total. The van der Waals surface area contributed by atoms with Crippen LogP contribution in [0.4, 0.5) is 5.69 Å². The summed E-state index contributed by atoms with van der Waals surface area (Å²) in [5.41, 5.74) is 3.29. The lowest BCUT2D eigenvalue weighted by atomic mass is 9.84. The van der Waals surface area contributed by atoms with Gasteiger partial charge < -0.3 is 25.6 Å². The van der Waals surface area contributed by atoms with Gasteiger partial charge in [0, 0.05) is 43.9 Å². The molecule has 1 aliphatic heterocycles. The third-order valence-electron chi connectivity index (χ3n) is 5.47.